The van der Waals surface area contributed by atoms with Crippen molar-refractivity contribution < 1.29 is 8.91 Å². The third-order valence-electron chi connectivity index (χ3n) is 3.43. The van der Waals surface area contributed by atoms with Crippen molar-refractivity contribution in [3.05, 3.63) is 46.9 Å². The highest BCUT2D eigenvalue weighted by Gasteiger charge is 2.26. The van der Waals surface area contributed by atoms with Crippen LogP contribution in [-0.4, -0.2) is 5.16 Å². The van der Waals surface area contributed by atoms with Crippen LogP contribution in [-0.2, 0) is 12.8 Å². The zero-order valence-corrected chi connectivity index (χ0v) is 9.32. The van der Waals surface area contributed by atoms with Gasteiger partial charge in [-0.1, -0.05) is 23.4 Å². The van der Waals surface area contributed by atoms with E-state index in [1.54, 1.807) is 6.07 Å². The van der Waals surface area contributed by atoms with Crippen LogP contribution in [0.25, 0.3) is 0 Å². The van der Waals surface area contributed by atoms with Gasteiger partial charge in [-0.3, -0.25) is 0 Å². The van der Waals surface area contributed by atoms with Gasteiger partial charge in [-0.2, -0.15) is 0 Å². The van der Waals surface area contributed by atoms with Gasteiger partial charge in [-0.05, 0) is 30.4 Å². The molecule has 0 amide bonds. The molecule has 1 aliphatic carbocycles. The van der Waals surface area contributed by atoms with Crippen LogP contribution < -0.4 is 5.73 Å². The van der Waals surface area contributed by atoms with Crippen LogP contribution in [0.3, 0.4) is 0 Å². The predicted octanol–water partition coefficient (Wildman–Crippen LogP) is 2.67. The minimum absolute atomic E-state index is 0.141. The highest BCUT2D eigenvalue weighted by atomic mass is 19.1. The fraction of sp³-hybridized carbons (Fsp3) is 0.308. The van der Waals surface area contributed by atoms with E-state index in [4.69, 9.17) is 10.3 Å². The molecule has 1 aromatic carbocycles. The summed E-state index contributed by atoms with van der Waals surface area (Å²) >= 11 is 0. The van der Waals surface area contributed by atoms with E-state index in [2.05, 4.69) is 5.16 Å². The van der Waals surface area contributed by atoms with Crippen LogP contribution in [0.5, 0.6) is 0 Å². The molecule has 2 aromatic rings. The monoisotopic (exact) mass is 232 g/mol. The van der Waals surface area contributed by atoms with Gasteiger partial charge in [-0.25, -0.2) is 4.39 Å². The maximum atomic E-state index is 13.7. The molecule has 3 rings (SSSR count). The van der Waals surface area contributed by atoms with Gasteiger partial charge in [0, 0.05) is 12.0 Å². The molecular formula is C13H13FN2O. The van der Waals surface area contributed by atoms with E-state index in [0.29, 0.717) is 12.3 Å². The summed E-state index contributed by atoms with van der Waals surface area (Å²) in [6.45, 7) is 0. The van der Waals surface area contributed by atoms with Gasteiger partial charge in [0.05, 0.1) is 5.69 Å². The molecule has 0 saturated heterocycles. The second kappa shape index (κ2) is 3.87. The molecule has 1 aromatic heterocycles. The van der Waals surface area contributed by atoms with Crippen molar-refractivity contribution in [3.63, 3.8) is 0 Å². The number of aromatic nitrogens is 1. The summed E-state index contributed by atoms with van der Waals surface area (Å²) in [5, 5.41) is 3.94. The van der Waals surface area contributed by atoms with Crippen molar-refractivity contribution in [3.8, 4) is 0 Å². The molecule has 1 aliphatic rings. The minimum Gasteiger partial charge on any atom is -0.367 e. The number of rotatable bonds is 1. The van der Waals surface area contributed by atoms with E-state index >= 15 is 0 Å². The lowest BCUT2D eigenvalue weighted by Gasteiger charge is -2.21. The lowest BCUT2D eigenvalue weighted by Crippen LogP contribution is -2.14. The van der Waals surface area contributed by atoms with Gasteiger partial charge in [0.25, 0.3) is 0 Å². The first kappa shape index (κ1) is 10.3. The molecule has 0 radical (unpaired) electrons. The van der Waals surface area contributed by atoms with Crippen LogP contribution in [0.15, 0.2) is 28.8 Å². The summed E-state index contributed by atoms with van der Waals surface area (Å²) in [7, 11) is 0. The van der Waals surface area contributed by atoms with E-state index < -0.39 is 0 Å². The third kappa shape index (κ3) is 1.69. The molecule has 4 heteroatoms. The second-order valence-corrected chi connectivity index (χ2v) is 4.43. The number of nitrogen functional groups attached to an aromatic ring is 1. The van der Waals surface area contributed by atoms with Crippen molar-refractivity contribution in [2.24, 2.45) is 0 Å². The summed E-state index contributed by atoms with van der Waals surface area (Å²) in [6, 6.07) is 6.92. The molecular weight excluding hydrogens is 219 g/mol. The molecule has 0 bridgehead atoms. The van der Waals surface area contributed by atoms with Crippen molar-refractivity contribution in [2.75, 3.05) is 5.73 Å². The van der Waals surface area contributed by atoms with E-state index in [9.17, 15) is 4.39 Å². The SMILES string of the molecule is Nc1onc2c1CCC(c1ccccc1F)C2. The lowest BCUT2D eigenvalue weighted by atomic mass is 9.83. The highest BCUT2D eigenvalue weighted by molar-refractivity contribution is 5.42. The van der Waals surface area contributed by atoms with Crippen LogP contribution in [0.1, 0.15) is 29.2 Å². The second-order valence-electron chi connectivity index (χ2n) is 4.43. The number of hydrogen-bond acceptors (Lipinski definition) is 3. The number of hydrogen-bond donors (Lipinski definition) is 1. The Hall–Kier alpha value is -1.84. The third-order valence-corrected chi connectivity index (χ3v) is 3.43. The van der Waals surface area contributed by atoms with Crippen molar-refractivity contribution in [2.45, 2.75) is 25.2 Å². The quantitative estimate of drug-likeness (QED) is 0.822. The Morgan fingerprint density at radius 1 is 1.35 bits per heavy atom. The number of nitrogens with zero attached hydrogens (tertiary/aromatic N) is 1. The van der Waals surface area contributed by atoms with E-state index in [1.165, 1.54) is 6.07 Å². The van der Waals surface area contributed by atoms with Crippen molar-refractivity contribution in [1.29, 1.82) is 0 Å². The molecule has 1 atom stereocenters. The number of nitrogens with two attached hydrogens (primary N) is 1. The Morgan fingerprint density at radius 2 is 2.18 bits per heavy atom. The van der Waals surface area contributed by atoms with Crippen molar-refractivity contribution >= 4 is 5.88 Å². The van der Waals surface area contributed by atoms with Crippen LogP contribution in [0.2, 0.25) is 0 Å². The maximum absolute atomic E-state index is 13.7. The molecule has 0 fully saturated rings. The Kier molecular flexibility index (Phi) is 2.35. The largest absolute Gasteiger partial charge is 0.367 e. The van der Waals surface area contributed by atoms with Gasteiger partial charge < -0.3 is 10.3 Å². The van der Waals surface area contributed by atoms with Gasteiger partial charge in [0.1, 0.15) is 5.82 Å². The number of halogens is 1. The van der Waals surface area contributed by atoms with E-state index in [-0.39, 0.29) is 11.7 Å². The van der Waals surface area contributed by atoms with Crippen LogP contribution in [0.4, 0.5) is 10.3 Å². The van der Waals surface area contributed by atoms with Gasteiger partial charge in [-0.15, -0.1) is 0 Å². The smallest absolute Gasteiger partial charge is 0.225 e. The number of fused-ring (bicyclic) bond motifs is 1. The number of anilines is 1. The summed E-state index contributed by atoms with van der Waals surface area (Å²) in [5.74, 6) is 0.442. The number of benzene rings is 1. The fourth-order valence-electron chi connectivity index (χ4n) is 2.51. The maximum Gasteiger partial charge on any atom is 0.225 e. The highest BCUT2D eigenvalue weighted by Crippen LogP contribution is 2.35. The Morgan fingerprint density at radius 3 is 3.00 bits per heavy atom. The minimum atomic E-state index is -0.141. The Bertz CT molecular complexity index is 550. The first-order valence-electron chi connectivity index (χ1n) is 5.73. The summed E-state index contributed by atoms with van der Waals surface area (Å²) in [4.78, 5) is 0. The zero-order chi connectivity index (χ0) is 11.8. The fourth-order valence-corrected chi connectivity index (χ4v) is 2.51. The first-order chi connectivity index (χ1) is 8.25. The molecule has 0 saturated carbocycles. The Labute approximate surface area is 98.4 Å². The van der Waals surface area contributed by atoms with E-state index in [1.807, 2.05) is 12.1 Å². The molecule has 0 aliphatic heterocycles. The van der Waals surface area contributed by atoms with Gasteiger partial charge in [0.15, 0.2) is 0 Å². The van der Waals surface area contributed by atoms with Gasteiger partial charge >= 0.3 is 0 Å². The van der Waals surface area contributed by atoms with Crippen molar-refractivity contribution in [1.82, 2.24) is 5.16 Å². The molecule has 1 heterocycles. The molecule has 0 spiro atoms. The average molecular weight is 232 g/mol. The standard InChI is InChI=1S/C13H13FN2O/c14-11-4-2-1-3-9(11)8-5-6-10-12(7-8)16-17-13(10)15/h1-4,8H,5-7,15H2. The topological polar surface area (TPSA) is 52.0 Å². The predicted molar refractivity (Wildman–Crippen MR) is 62.1 cm³/mol. The summed E-state index contributed by atoms with van der Waals surface area (Å²) < 4.78 is 18.7. The van der Waals surface area contributed by atoms with Crippen LogP contribution in [0, 0.1) is 5.82 Å². The Balaban J connectivity index is 1.92. The molecule has 1 unspecified atom stereocenters. The lowest BCUT2D eigenvalue weighted by molar-refractivity contribution is 0.423. The summed E-state index contributed by atoms with van der Waals surface area (Å²) in [6.07, 6.45) is 2.40. The molecule has 2 N–H and O–H groups in total. The normalized spacial score (nSPS) is 19.0. The molecule has 3 nitrogen and oxygen atoms in total. The summed E-state index contributed by atoms with van der Waals surface area (Å²) in [5.41, 5.74) is 8.31. The molecule has 17 heavy (non-hydrogen) atoms. The first-order valence-corrected chi connectivity index (χ1v) is 5.73. The van der Waals surface area contributed by atoms with E-state index in [0.717, 1.165) is 29.7 Å². The zero-order valence-electron chi connectivity index (χ0n) is 9.32. The van der Waals surface area contributed by atoms with Crippen LogP contribution >= 0.6 is 0 Å². The van der Waals surface area contributed by atoms with Gasteiger partial charge in [0.2, 0.25) is 5.88 Å². The molecule has 88 valence electrons. The average Bonchev–Trinajstić information content (AvgIpc) is 2.71.